The van der Waals surface area contributed by atoms with Crippen LogP contribution in [0.1, 0.15) is 28.4 Å². The number of rotatable bonds is 4. The van der Waals surface area contributed by atoms with Gasteiger partial charge in [-0.2, -0.15) is 13.2 Å². The monoisotopic (exact) mass is 355 g/mol. The van der Waals surface area contributed by atoms with E-state index in [4.69, 9.17) is 4.74 Å². The van der Waals surface area contributed by atoms with Crippen molar-refractivity contribution in [2.75, 3.05) is 13.7 Å². The molecule has 0 spiro atoms. The maximum atomic E-state index is 12.7. The van der Waals surface area contributed by atoms with Gasteiger partial charge in [-0.3, -0.25) is 4.79 Å². The van der Waals surface area contributed by atoms with Crippen LogP contribution in [0.4, 0.5) is 13.2 Å². The summed E-state index contributed by atoms with van der Waals surface area (Å²) in [6.45, 7) is 0.721. The predicted molar refractivity (Wildman–Crippen MR) is 80.0 cm³/mol. The minimum Gasteiger partial charge on any atom is -0.480 e. The summed E-state index contributed by atoms with van der Waals surface area (Å²) in [5.74, 6) is 0.369. The van der Waals surface area contributed by atoms with Crippen molar-refractivity contribution in [3.8, 4) is 5.88 Å². The molecule has 2 aromatic rings. The number of imidazole rings is 1. The van der Waals surface area contributed by atoms with Gasteiger partial charge in [0.1, 0.15) is 5.82 Å². The molecule has 0 radical (unpaired) electrons. The van der Waals surface area contributed by atoms with E-state index in [1.165, 1.54) is 23.8 Å². The highest BCUT2D eigenvalue weighted by atomic mass is 19.4. The van der Waals surface area contributed by atoms with E-state index in [9.17, 15) is 18.0 Å². The average Bonchev–Trinajstić information content (AvgIpc) is 3.03. The van der Waals surface area contributed by atoms with Crippen LogP contribution in [-0.4, -0.2) is 39.3 Å². The summed E-state index contributed by atoms with van der Waals surface area (Å²) in [6.07, 6.45) is -2.32. The fraction of sp³-hybridized carbons (Fsp3) is 0.467. The van der Waals surface area contributed by atoms with Gasteiger partial charge in [0.15, 0.2) is 11.4 Å². The van der Waals surface area contributed by atoms with Crippen LogP contribution in [0.3, 0.4) is 0 Å². The zero-order valence-electron chi connectivity index (χ0n) is 13.4. The van der Waals surface area contributed by atoms with Crippen LogP contribution in [0.15, 0.2) is 18.3 Å². The Kier molecular flexibility index (Phi) is 4.60. The van der Waals surface area contributed by atoms with E-state index in [0.29, 0.717) is 37.6 Å². The van der Waals surface area contributed by atoms with Gasteiger partial charge in [0.2, 0.25) is 5.88 Å². The molecule has 1 amide bonds. The van der Waals surface area contributed by atoms with Gasteiger partial charge in [0.05, 0.1) is 7.11 Å². The lowest BCUT2D eigenvalue weighted by molar-refractivity contribution is -0.141. The van der Waals surface area contributed by atoms with Gasteiger partial charge >= 0.3 is 6.18 Å². The summed E-state index contributed by atoms with van der Waals surface area (Å²) >= 11 is 0. The SMILES string of the molecule is COc1ccc(C(=O)NC[C@H]2CCc3nc(C(F)(F)F)cn3C2)nn1. The third-order valence-electron chi connectivity index (χ3n) is 4.01. The van der Waals surface area contributed by atoms with Crippen molar-refractivity contribution in [1.29, 1.82) is 0 Å². The van der Waals surface area contributed by atoms with E-state index in [2.05, 4.69) is 20.5 Å². The number of carbonyl (C=O) groups is 1. The van der Waals surface area contributed by atoms with Crippen molar-refractivity contribution in [1.82, 2.24) is 25.1 Å². The van der Waals surface area contributed by atoms with Gasteiger partial charge in [0, 0.05) is 31.8 Å². The molecule has 0 fully saturated rings. The summed E-state index contributed by atoms with van der Waals surface area (Å²) in [5, 5.41) is 10.2. The molecule has 1 aliphatic rings. The third kappa shape index (κ3) is 3.89. The molecule has 25 heavy (non-hydrogen) atoms. The zero-order valence-corrected chi connectivity index (χ0v) is 13.4. The molecule has 2 aromatic heterocycles. The molecule has 1 N–H and O–H groups in total. The molecule has 1 atom stereocenters. The molecule has 10 heteroatoms. The minimum atomic E-state index is -4.44. The number of nitrogens with one attached hydrogen (secondary N) is 1. The molecule has 134 valence electrons. The summed E-state index contributed by atoms with van der Waals surface area (Å²) in [5.41, 5.74) is -0.722. The van der Waals surface area contributed by atoms with Crippen LogP contribution in [0.25, 0.3) is 0 Å². The normalized spacial score (nSPS) is 17.0. The Bertz CT molecular complexity index is 758. The molecule has 0 saturated heterocycles. The smallest absolute Gasteiger partial charge is 0.434 e. The number of methoxy groups -OCH3 is 1. The zero-order chi connectivity index (χ0) is 18.0. The molecular weight excluding hydrogens is 339 g/mol. The molecule has 0 saturated carbocycles. The summed E-state index contributed by atoms with van der Waals surface area (Å²) in [4.78, 5) is 15.7. The third-order valence-corrected chi connectivity index (χ3v) is 4.01. The van der Waals surface area contributed by atoms with Gasteiger partial charge in [-0.25, -0.2) is 4.98 Å². The number of alkyl halides is 3. The largest absolute Gasteiger partial charge is 0.480 e. The van der Waals surface area contributed by atoms with E-state index in [1.807, 2.05) is 0 Å². The lowest BCUT2D eigenvalue weighted by Gasteiger charge is -2.23. The number of nitrogens with zero attached hydrogens (tertiary/aromatic N) is 4. The maximum Gasteiger partial charge on any atom is 0.434 e. The van der Waals surface area contributed by atoms with Crippen molar-refractivity contribution in [2.24, 2.45) is 5.92 Å². The van der Waals surface area contributed by atoms with Crippen LogP contribution < -0.4 is 10.1 Å². The molecule has 3 rings (SSSR count). The van der Waals surface area contributed by atoms with Crippen molar-refractivity contribution in [2.45, 2.75) is 25.6 Å². The van der Waals surface area contributed by atoms with Gasteiger partial charge in [0.25, 0.3) is 5.91 Å². The molecule has 0 aromatic carbocycles. The Labute approximate surface area is 141 Å². The van der Waals surface area contributed by atoms with Crippen LogP contribution in [0.2, 0.25) is 0 Å². The molecule has 0 bridgehead atoms. The predicted octanol–water partition coefficient (Wildman–Crippen LogP) is 1.69. The van der Waals surface area contributed by atoms with Gasteiger partial charge in [-0.15, -0.1) is 10.2 Å². The van der Waals surface area contributed by atoms with E-state index in [1.54, 1.807) is 0 Å². The van der Waals surface area contributed by atoms with E-state index in [-0.39, 0.29) is 17.5 Å². The molecule has 0 aliphatic carbocycles. The first-order valence-corrected chi connectivity index (χ1v) is 7.66. The highest BCUT2D eigenvalue weighted by Crippen LogP contribution is 2.30. The Morgan fingerprint density at radius 3 is 2.84 bits per heavy atom. The van der Waals surface area contributed by atoms with Crippen molar-refractivity contribution in [3.63, 3.8) is 0 Å². The second kappa shape index (κ2) is 6.69. The number of hydrogen-bond donors (Lipinski definition) is 1. The van der Waals surface area contributed by atoms with Gasteiger partial charge in [-0.05, 0) is 18.4 Å². The number of aryl methyl sites for hydroxylation is 1. The topological polar surface area (TPSA) is 81.9 Å². The number of aromatic nitrogens is 4. The van der Waals surface area contributed by atoms with Gasteiger partial charge < -0.3 is 14.6 Å². The van der Waals surface area contributed by atoms with Crippen molar-refractivity contribution >= 4 is 5.91 Å². The molecular formula is C15H16F3N5O2. The number of ether oxygens (including phenoxy) is 1. The first kappa shape index (κ1) is 17.2. The Hall–Kier alpha value is -2.65. The first-order chi connectivity index (χ1) is 11.9. The quantitative estimate of drug-likeness (QED) is 0.903. The lowest BCUT2D eigenvalue weighted by atomic mass is 9.99. The Morgan fingerprint density at radius 1 is 1.40 bits per heavy atom. The first-order valence-electron chi connectivity index (χ1n) is 7.66. The van der Waals surface area contributed by atoms with Crippen molar-refractivity contribution < 1.29 is 22.7 Å². The highest BCUT2D eigenvalue weighted by molar-refractivity contribution is 5.92. The number of amides is 1. The van der Waals surface area contributed by atoms with Crippen molar-refractivity contribution in [3.05, 3.63) is 35.5 Å². The fourth-order valence-electron chi connectivity index (χ4n) is 2.70. The average molecular weight is 355 g/mol. The number of hydrogen-bond acceptors (Lipinski definition) is 5. The van der Waals surface area contributed by atoms with Gasteiger partial charge in [-0.1, -0.05) is 0 Å². The second-order valence-electron chi connectivity index (χ2n) is 5.77. The van der Waals surface area contributed by atoms with Crippen LogP contribution >= 0.6 is 0 Å². The fourth-order valence-corrected chi connectivity index (χ4v) is 2.70. The Balaban J connectivity index is 1.57. The molecule has 1 aliphatic heterocycles. The Morgan fingerprint density at radius 2 is 2.20 bits per heavy atom. The number of halogens is 3. The minimum absolute atomic E-state index is 0.0259. The van der Waals surface area contributed by atoms with Crippen LogP contribution in [0, 0.1) is 5.92 Å². The summed E-state index contributed by atoms with van der Waals surface area (Å²) < 4.78 is 44.5. The number of fused-ring (bicyclic) bond motifs is 1. The lowest BCUT2D eigenvalue weighted by Crippen LogP contribution is -2.34. The van der Waals surface area contributed by atoms with Crippen LogP contribution in [0.5, 0.6) is 5.88 Å². The van der Waals surface area contributed by atoms with E-state index < -0.39 is 11.9 Å². The second-order valence-corrected chi connectivity index (χ2v) is 5.77. The molecule has 7 nitrogen and oxygen atoms in total. The summed E-state index contributed by atoms with van der Waals surface area (Å²) in [7, 11) is 1.45. The number of carbonyl (C=O) groups excluding carboxylic acids is 1. The standard InChI is InChI=1S/C15H16F3N5O2/c1-25-13-5-3-10(21-22-13)14(24)19-6-9-2-4-12-20-11(15(16,17)18)8-23(12)7-9/h3,5,8-9H,2,4,6-7H2,1H3,(H,19,24)/t9-/m1/s1. The highest BCUT2D eigenvalue weighted by Gasteiger charge is 2.35. The summed E-state index contributed by atoms with van der Waals surface area (Å²) in [6, 6.07) is 3.02. The van der Waals surface area contributed by atoms with E-state index in [0.717, 1.165) is 6.20 Å². The van der Waals surface area contributed by atoms with Crippen LogP contribution in [-0.2, 0) is 19.1 Å². The molecule has 3 heterocycles. The molecule has 0 unspecified atom stereocenters. The van der Waals surface area contributed by atoms with E-state index >= 15 is 0 Å². The maximum absolute atomic E-state index is 12.7.